The third-order valence-corrected chi connectivity index (χ3v) is 2.95. The molecule has 0 saturated heterocycles. The summed E-state index contributed by atoms with van der Waals surface area (Å²) in [7, 11) is 1.59. The van der Waals surface area contributed by atoms with E-state index in [9.17, 15) is 0 Å². The molecule has 0 aliphatic rings. The van der Waals surface area contributed by atoms with Gasteiger partial charge in [-0.2, -0.15) is 0 Å². The molecule has 58 valence electrons. The van der Waals surface area contributed by atoms with Gasteiger partial charge in [-0.05, 0) is 18.9 Å². The number of rotatable bonds is 5. The third kappa shape index (κ3) is 4.94. The zero-order chi connectivity index (χ0) is 7.82. The first-order chi connectivity index (χ1) is 4.85. The Bertz CT molecular complexity index is 108. The van der Waals surface area contributed by atoms with Gasteiger partial charge in [0.1, 0.15) is 0 Å². The van der Waals surface area contributed by atoms with Crippen LogP contribution in [-0.4, -0.2) is 11.5 Å². The predicted molar refractivity (Wildman–Crippen MR) is 53.2 cm³/mol. The molecule has 0 amide bonds. The lowest BCUT2D eigenvalue weighted by Gasteiger charge is -2.05. The maximum Gasteiger partial charge on any atom is 0.0181 e. The highest BCUT2D eigenvalue weighted by Crippen LogP contribution is 2.21. The van der Waals surface area contributed by atoms with Crippen LogP contribution in [0.4, 0.5) is 0 Å². The van der Waals surface area contributed by atoms with Gasteiger partial charge in [0.15, 0.2) is 0 Å². The summed E-state index contributed by atoms with van der Waals surface area (Å²) < 4.78 is 0. The van der Waals surface area contributed by atoms with Crippen molar-refractivity contribution in [1.82, 2.24) is 0 Å². The zero-order valence-corrected chi connectivity index (χ0v) is 7.79. The molecule has 0 bridgehead atoms. The molecule has 0 heterocycles. The summed E-state index contributed by atoms with van der Waals surface area (Å²) >= 11 is 4.12. The van der Waals surface area contributed by atoms with Crippen molar-refractivity contribution in [2.45, 2.75) is 25.0 Å². The minimum absolute atomic E-state index is 0.597. The fourth-order valence-electron chi connectivity index (χ4n) is 0.583. The van der Waals surface area contributed by atoms with Gasteiger partial charge in [0.25, 0.3) is 0 Å². The molecule has 0 aliphatic carbocycles. The van der Waals surface area contributed by atoms with Crippen LogP contribution in [0.5, 0.6) is 0 Å². The molecule has 0 aliphatic heterocycles. The summed E-state index contributed by atoms with van der Waals surface area (Å²) in [6.45, 7) is 2.14. The van der Waals surface area contributed by atoms with E-state index in [2.05, 4.69) is 18.6 Å². The Morgan fingerprint density at radius 2 is 2.40 bits per heavy atom. The molecule has 10 heavy (non-hydrogen) atoms. The van der Waals surface area contributed by atoms with Crippen molar-refractivity contribution < 1.29 is 0 Å². The number of hydrogen-bond acceptors (Lipinski definition) is 3. The van der Waals surface area contributed by atoms with Crippen molar-refractivity contribution in [2.24, 2.45) is 0 Å². The van der Waals surface area contributed by atoms with E-state index < -0.39 is 0 Å². The van der Waals surface area contributed by atoms with Gasteiger partial charge in [0, 0.05) is 11.5 Å². The molecule has 0 radical (unpaired) electrons. The summed E-state index contributed by atoms with van der Waals surface area (Å²) in [5.74, 6) is 0. The van der Waals surface area contributed by atoms with Crippen molar-refractivity contribution >= 4 is 28.7 Å². The van der Waals surface area contributed by atoms with Crippen molar-refractivity contribution in [3.8, 4) is 0 Å². The summed E-state index contributed by atoms with van der Waals surface area (Å²) in [6, 6.07) is 0. The van der Waals surface area contributed by atoms with Crippen LogP contribution in [0.1, 0.15) is 19.8 Å². The Morgan fingerprint density at radius 1 is 1.70 bits per heavy atom. The van der Waals surface area contributed by atoms with Gasteiger partial charge >= 0.3 is 0 Å². The van der Waals surface area contributed by atoms with Gasteiger partial charge < -0.3 is 5.41 Å². The van der Waals surface area contributed by atoms with Crippen LogP contribution >= 0.6 is 22.5 Å². The van der Waals surface area contributed by atoms with Gasteiger partial charge in [0.2, 0.25) is 0 Å². The van der Waals surface area contributed by atoms with E-state index in [0.717, 1.165) is 12.8 Å². The molecule has 0 fully saturated rings. The summed E-state index contributed by atoms with van der Waals surface area (Å²) in [5.41, 5.74) is 0. The van der Waals surface area contributed by atoms with Crippen LogP contribution in [0, 0.1) is 5.41 Å². The molecule has 0 rings (SSSR count). The second-order valence-corrected chi connectivity index (χ2v) is 3.48. The molecule has 3 heteroatoms. The first-order valence-electron chi connectivity index (χ1n) is 3.31. The molecule has 0 unspecified atom stereocenters. The lowest BCUT2D eigenvalue weighted by Crippen LogP contribution is -1.94. The zero-order valence-electron chi connectivity index (χ0n) is 6.08. The average molecular weight is 175 g/mol. The van der Waals surface area contributed by atoms with E-state index in [1.165, 1.54) is 6.21 Å². The van der Waals surface area contributed by atoms with Gasteiger partial charge in [-0.1, -0.05) is 23.8 Å². The largest absolute Gasteiger partial charge is 0.309 e. The maximum atomic E-state index is 6.72. The van der Waals surface area contributed by atoms with E-state index in [1.54, 1.807) is 16.9 Å². The van der Waals surface area contributed by atoms with Crippen LogP contribution in [0.15, 0.2) is 12.2 Å². The van der Waals surface area contributed by atoms with E-state index in [4.69, 9.17) is 5.41 Å². The lowest BCUT2D eigenvalue weighted by molar-refractivity contribution is 0.842. The lowest BCUT2D eigenvalue weighted by atomic mass is 10.2. The van der Waals surface area contributed by atoms with Crippen LogP contribution in [0.3, 0.4) is 0 Å². The monoisotopic (exact) mass is 175 g/mol. The Hall–Kier alpha value is 0.110. The van der Waals surface area contributed by atoms with Crippen molar-refractivity contribution in [2.75, 3.05) is 0 Å². The van der Waals surface area contributed by atoms with E-state index in [0.29, 0.717) is 5.25 Å². The maximum absolute atomic E-state index is 6.72. The molecule has 1 N–H and O–H groups in total. The quantitative estimate of drug-likeness (QED) is 0.375. The second-order valence-electron chi connectivity index (χ2n) is 1.97. The van der Waals surface area contributed by atoms with Crippen LogP contribution < -0.4 is 0 Å². The van der Waals surface area contributed by atoms with Gasteiger partial charge in [-0.3, -0.25) is 0 Å². The average Bonchev–Trinajstić information content (AvgIpc) is 1.99. The molecule has 0 spiro atoms. The molecular formula is C7H13NS2. The predicted octanol–water partition coefficient (Wildman–Crippen LogP) is 2.94. The number of nitrogens with one attached hydrogen (secondary N) is 1. The fraction of sp³-hybridized carbons (Fsp3) is 0.571. The highest BCUT2D eigenvalue weighted by molar-refractivity contribution is 8.68. The Balaban J connectivity index is 3.43. The van der Waals surface area contributed by atoms with Gasteiger partial charge in [-0.25, -0.2) is 0 Å². The Morgan fingerprint density at radius 3 is 2.80 bits per heavy atom. The first kappa shape index (κ1) is 10.1. The van der Waals surface area contributed by atoms with Crippen LogP contribution in [-0.2, 0) is 0 Å². The Labute approximate surface area is 71.6 Å². The van der Waals surface area contributed by atoms with Gasteiger partial charge in [-0.15, -0.1) is 11.7 Å². The SMILES string of the molecule is CC[C@@H](C/C=C\C=N)SS. The van der Waals surface area contributed by atoms with Crippen molar-refractivity contribution in [3.05, 3.63) is 12.2 Å². The third-order valence-electron chi connectivity index (χ3n) is 1.24. The summed E-state index contributed by atoms with van der Waals surface area (Å²) in [4.78, 5) is 0. The van der Waals surface area contributed by atoms with Crippen LogP contribution in [0.25, 0.3) is 0 Å². The molecule has 0 aromatic heterocycles. The number of allylic oxidation sites excluding steroid dienone is 2. The van der Waals surface area contributed by atoms with E-state index >= 15 is 0 Å². The molecule has 1 nitrogen and oxygen atoms in total. The molecular weight excluding hydrogens is 162 g/mol. The molecule has 0 aromatic carbocycles. The topological polar surface area (TPSA) is 23.9 Å². The minimum Gasteiger partial charge on any atom is -0.309 e. The Kier molecular flexibility index (Phi) is 7.30. The molecule has 0 saturated carbocycles. The minimum atomic E-state index is 0.597. The standard InChI is InChI=1S/C7H13NS2/c1-2-7(10-9)5-3-4-6-8/h3-4,6-9H,2,5H2,1H3/b4-3-,8-6?/t7-/m0/s1. The first-order valence-corrected chi connectivity index (χ1v) is 5.24. The summed E-state index contributed by atoms with van der Waals surface area (Å²) in [6.07, 6.45) is 7.21. The van der Waals surface area contributed by atoms with Gasteiger partial charge in [0.05, 0.1) is 0 Å². The normalized spacial score (nSPS) is 13.8. The smallest absolute Gasteiger partial charge is 0.0181 e. The number of thiol groups is 1. The highest BCUT2D eigenvalue weighted by Gasteiger charge is 1.99. The number of hydrogen-bond donors (Lipinski definition) is 2. The molecule has 0 aromatic rings. The van der Waals surface area contributed by atoms with E-state index in [1.807, 2.05) is 6.08 Å². The molecule has 1 atom stereocenters. The van der Waals surface area contributed by atoms with Crippen LogP contribution in [0.2, 0.25) is 0 Å². The second kappa shape index (κ2) is 7.22. The van der Waals surface area contributed by atoms with Crippen molar-refractivity contribution in [3.63, 3.8) is 0 Å². The van der Waals surface area contributed by atoms with E-state index in [-0.39, 0.29) is 0 Å². The fourth-order valence-corrected chi connectivity index (χ4v) is 1.63. The summed E-state index contributed by atoms with van der Waals surface area (Å²) in [5, 5.41) is 7.32. The van der Waals surface area contributed by atoms with Crippen molar-refractivity contribution in [1.29, 1.82) is 5.41 Å². The highest BCUT2D eigenvalue weighted by atomic mass is 33.1.